The average Bonchev–Trinajstić information content (AvgIpc) is 2.71. The molecule has 1 aliphatic rings. The minimum absolute atomic E-state index is 0.436. The molecular weight excluding hydrogens is 220 g/mol. The van der Waals surface area contributed by atoms with Gasteiger partial charge in [0.2, 0.25) is 0 Å². The summed E-state index contributed by atoms with van der Waals surface area (Å²) in [5.41, 5.74) is 6.89. The second-order valence-electron chi connectivity index (χ2n) is 4.53. The molecule has 3 nitrogen and oxygen atoms in total. The normalized spacial score (nSPS) is 19.9. The van der Waals surface area contributed by atoms with E-state index >= 15 is 0 Å². The molecule has 2 heterocycles. The number of aromatic nitrogens is 1. The molecule has 1 unspecified atom stereocenters. The molecule has 1 fully saturated rings. The van der Waals surface area contributed by atoms with Crippen molar-refractivity contribution >= 4 is 11.3 Å². The topological polar surface area (TPSA) is 48.1 Å². The lowest BCUT2D eigenvalue weighted by atomic mass is 10.0. The molecule has 90 valence electrons. The van der Waals surface area contributed by atoms with E-state index in [1.54, 1.807) is 0 Å². The average molecular weight is 240 g/mol. The number of nitrogens with zero attached hydrogens (tertiary/aromatic N) is 1. The molecule has 2 N–H and O–H groups in total. The fourth-order valence-electron chi connectivity index (χ4n) is 2.11. The molecule has 0 amide bonds. The van der Waals surface area contributed by atoms with Crippen LogP contribution in [0.5, 0.6) is 0 Å². The van der Waals surface area contributed by atoms with Crippen LogP contribution in [0.4, 0.5) is 0 Å². The lowest BCUT2D eigenvalue weighted by Gasteiger charge is -2.19. The van der Waals surface area contributed by atoms with Gasteiger partial charge in [-0.05, 0) is 26.3 Å². The Hall–Kier alpha value is -0.450. The lowest BCUT2D eigenvalue weighted by Crippen LogP contribution is -2.13. The maximum absolute atomic E-state index is 5.72. The number of ether oxygens (including phenoxy) is 1. The Bertz CT molecular complexity index is 345. The minimum Gasteiger partial charge on any atom is -0.381 e. The molecule has 1 atom stereocenters. The molecule has 0 radical (unpaired) electrons. The van der Waals surface area contributed by atoms with Gasteiger partial charge in [0, 0.05) is 29.9 Å². The second kappa shape index (κ2) is 5.25. The Morgan fingerprint density at radius 1 is 1.50 bits per heavy atom. The van der Waals surface area contributed by atoms with Crippen molar-refractivity contribution < 1.29 is 4.74 Å². The number of thiazole rings is 1. The number of nitrogens with two attached hydrogens (primary N) is 1. The van der Waals surface area contributed by atoms with Crippen molar-refractivity contribution in [1.82, 2.24) is 4.98 Å². The molecule has 0 saturated carbocycles. The van der Waals surface area contributed by atoms with E-state index in [1.165, 1.54) is 15.6 Å². The van der Waals surface area contributed by atoms with Crippen LogP contribution in [0.3, 0.4) is 0 Å². The zero-order chi connectivity index (χ0) is 11.5. The fraction of sp³-hybridized carbons (Fsp3) is 0.750. The van der Waals surface area contributed by atoms with Crippen LogP contribution in [0.15, 0.2) is 0 Å². The quantitative estimate of drug-likeness (QED) is 0.882. The number of aryl methyl sites for hydroxylation is 1. The van der Waals surface area contributed by atoms with E-state index in [9.17, 15) is 0 Å². The first-order valence-corrected chi connectivity index (χ1v) is 6.79. The summed E-state index contributed by atoms with van der Waals surface area (Å²) in [6.45, 7) is 6.74. The first kappa shape index (κ1) is 12.0. The maximum Gasteiger partial charge on any atom is 0.0963 e. The van der Waals surface area contributed by atoms with Crippen molar-refractivity contribution in [2.24, 2.45) is 5.73 Å². The third-order valence-corrected chi connectivity index (χ3v) is 4.77. The summed E-state index contributed by atoms with van der Waals surface area (Å²) < 4.78 is 5.38. The van der Waals surface area contributed by atoms with Crippen molar-refractivity contribution in [3.05, 3.63) is 15.6 Å². The van der Waals surface area contributed by atoms with E-state index in [2.05, 4.69) is 13.8 Å². The summed E-state index contributed by atoms with van der Waals surface area (Å²) in [6.07, 6.45) is 2.23. The largest absolute Gasteiger partial charge is 0.381 e. The first-order valence-electron chi connectivity index (χ1n) is 5.97. The monoisotopic (exact) mass is 240 g/mol. The molecule has 1 aromatic rings. The van der Waals surface area contributed by atoms with Gasteiger partial charge in [-0.1, -0.05) is 6.92 Å². The van der Waals surface area contributed by atoms with Crippen LogP contribution in [-0.2, 0) is 4.74 Å². The van der Waals surface area contributed by atoms with Gasteiger partial charge >= 0.3 is 0 Å². The van der Waals surface area contributed by atoms with Crippen LogP contribution in [0.25, 0.3) is 0 Å². The van der Waals surface area contributed by atoms with E-state index in [0.717, 1.165) is 26.1 Å². The van der Waals surface area contributed by atoms with Crippen LogP contribution in [0, 0.1) is 6.92 Å². The first-order chi connectivity index (χ1) is 7.72. The summed E-state index contributed by atoms with van der Waals surface area (Å²) in [6, 6.07) is 0. The molecule has 1 aromatic heterocycles. The number of hydrogen-bond acceptors (Lipinski definition) is 4. The highest BCUT2D eigenvalue weighted by Crippen LogP contribution is 2.34. The third-order valence-electron chi connectivity index (χ3n) is 3.22. The summed E-state index contributed by atoms with van der Waals surface area (Å²) >= 11 is 1.85. The van der Waals surface area contributed by atoms with Gasteiger partial charge in [0.15, 0.2) is 0 Å². The standard InChI is InChI=1S/C12H20N2OS/c1-8(7-13)11-9(2)14-12(16-11)10-3-5-15-6-4-10/h8,10H,3-7,13H2,1-2H3. The summed E-state index contributed by atoms with van der Waals surface area (Å²) in [5.74, 6) is 1.04. The van der Waals surface area contributed by atoms with Gasteiger partial charge < -0.3 is 10.5 Å². The smallest absolute Gasteiger partial charge is 0.0963 e. The molecule has 2 rings (SSSR count). The molecule has 0 bridgehead atoms. The van der Waals surface area contributed by atoms with Gasteiger partial charge in [0.1, 0.15) is 0 Å². The van der Waals surface area contributed by atoms with Gasteiger partial charge in [-0.3, -0.25) is 0 Å². The van der Waals surface area contributed by atoms with Crippen LogP contribution in [0.1, 0.15) is 47.2 Å². The highest BCUT2D eigenvalue weighted by atomic mass is 32.1. The Kier molecular flexibility index (Phi) is 3.95. The van der Waals surface area contributed by atoms with Gasteiger partial charge in [-0.2, -0.15) is 0 Å². The molecule has 1 aliphatic heterocycles. The Balaban J connectivity index is 2.16. The van der Waals surface area contributed by atoms with Gasteiger partial charge in [0.05, 0.1) is 10.7 Å². The number of hydrogen-bond donors (Lipinski definition) is 1. The maximum atomic E-state index is 5.72. The van der Waals surface area contributed by atoms with E-state index < -0.39 is 0 Å². The molecule has 0 aromatic carbocycles. The molecular formula is C12H20N2OS. The number of rotatable bonds is 3. The lowest BCUT2D eigenvalue weighted by molar-refractivity contribution is 0.0852. The SMILES string of the molecule is Cc1nc(C2CCOCC2)sc1C(C)CN. The van der Waals surface area contributed by atoms with Crippen LogP contribution < -0.4 is 5.73 Å². The molecule has 4 heteroatoms. The van der Waals surface area contributed by atoms with E-state index in [1.807, 2.05) is 11.3 Å². The fourth-order valence-corrected chi connectivity index (χ4v) is 3.41. The molecule has 0 spiro atoms. The van der Waals surface area contributed by atoms with Crippen molar-refractivity contribution in [2.75, 3.05) is 19.8 Å². The van der Waals surface area contributed by atoms with E-state index in [0.29, 0.717) is 18.4 Å². The summed E-state index contributed by atoms with van der Waals surface area (Å²) in [4.78, 5) is 6.08. The highest BCUT2D eigenvalue weighted by Gasteiger charge is 2.21. The summed E-state index contributed by atoms with van der Waals surface area (Å²) in [5, 5.41) is 1.29. The van der Waals surface area contributed by atoms with Crippen molar-refractivity contribution in [1.29, 1.82) is 0 Å². The minimum atomic E-state index is 0.436. The predicted octanol–water partition coefficient (Wildman–Crippen LogP) is 2.41. The van der Waals surface area contributed by atoms with Crippen LogP contribution in [0.2, 0.25) is 0 Å². The van der Waals surface area contributed by atoms with Gasteiger partial charge in [-0.25, -0.2) is 4.98 Å². The van der Waals surface area contributed by atoms with Crippen LogP contribution in [-0.4, -0.2) is 24.7 Å². The zero-order valence-corrected chi connectivity index (χ0v) is 10.8. The van der Waals surface area contributed by atoms with E-state index in [-0.39, 0.29) is 0 Å². The molecule has 1 saturated heterocycles. The summed E-state index contributed by atoms with van der Waals surface area (Å²) in [7, 11) is 0. The Morgan fingerprint density at radius 2 is 2.19 bits per heavy atom. The zero-order valence-electron chi connectivity index (χ0n) is 10.0. The van der Waals surface area contributed by atoms with E-state index in [4.69, 9.17) is 15.5 Å². The third kappa shape index (κ3) is 2.44. The second-order valence-corrected chi connectivity index (χ2v) is 5.59. The van der Waals surface area contributed by atoms with Crippen molar-refractivity contribution in [3.63, 3.8) is 0 Å². The predicted molar refractivity (Wildman–Crippen MR) is 67.1 cm³/mol. The molecule has 16 heavy (non-hydrogen) atoms. The van der Waals surface area contributed by atoms with Crippen molar-refractivity contribution in [3.8, 4) is 0 Å². The Morgan fingerprint density at radius 3 is 2.81 bits per heavy atom. The van der Waals surface area contributed by atoms with Crippen LogP contribution >= 0.6 is 11.3 Å². The highest BCUT2D eigenvalue weighted by molar-refractivity contribution is 7.11. The Labute approximate surface area is 101 Å². The van der Waals surface area contributed by atoms with Gasteiger partial charge in [-0.15, -0.1) is 11.3 Å². The van der Waals surface area contributed by atoms with Gasteiger partial charge in [0.25, 0.3) is 0 Å². The molecule has 0 aliphatic carbocycles. The van der Waals surface area contributed by atoms with Crippen molar-refractivity contribution in [2.45, 2.75) is 38.5 Å².